The fourth-order valence-electron chi connectivity index (χ4n) is 2.50. The number of rotatable bonds is 5. The fraction of sp³-hybridized carbons (Fsp3) is 0.118. The first kappa shape index (κ1) is 18.2. The maximum absolute atomic E-state index is 13.1. The van der Waals surface area contributed by atoms with Crippen molar-refractivity contribution in [3.05, 3.63) is 65.9 Å². The summed E-state index contributed by atoms with van der Waals surface area (Å²) >= 11 is 0. The van der Waals surface area contributed by atoms with Crippen LogP contribution in [0.2, 0.25) is 0 Å². The topological polar surface area (TPSA) is 104 Å². The molecule has 0 unspecified atom stereocenters. The highest BCUT2D eigenvalue weighted by Crippen LogP contribution is 2.28. The summed E-state index contributed by atoms with van der Waals surface area (Å²) in [6, 6.07) is 14.0. The standard InChI is InChI=1S/C17H16F2N4O2S/c18-17(19)15-9-16(12-3-1-11(10-20)2-4-12)23(22-15)13-5-7-14(8-6-13)26(21,24)25/h1-9,17H,10,20H2,(H2,21,24,25). The molecule has 0 radical (unpaired) electrons. The van der Waals surface area contributed by atoms with Crippen LogP contribution in [0.3, 0.4) is 0 Å². The van der Waals surface area contributed by atoms with E-state index < -0.39 is 16.4 Å². The Hall–Kier alpha value is -2.62. The van der Waals surface area contributed by atoms with Gasteiger partial charge in [0.15, 0.2) is 0 Å². The van der Waals surface area contributed by atoms with Gasteiger partial charge in [-0.05, 0) is 35.9 Å². The van der Waals surface area contributed by atoms with Crippen molar-refractivity contribution in [2.75, 3.05) is 0 Å². The lowest BCUT2D eigenvalue weighted by molar-refractivity contribution is 0.145. The van der Waals surface area contributed by atoms with Crippen molar-refractivity contribution in [2.45, 2.75) is 17.9 Å². The van der Waals surface area contributed by atoms with Crippen molar-refractivity contribution < 1.29 is 17.2 Å². The first-order valence-electron chi connectivity index (χ1n) is 7.60. The molecular weight excluding hydrogens is 362 g/mol. The second kappa shape index (κ2) is 6.94. The summed E-state index contributed by atoms with van der Waals surface area (Å²) in [5.41, 5.74) is 7.67. The zero-order valence-corrected chi connectivity index (χ0v) is 14.3. The molecule has 0 saturated heterocycles. The van der Waals surface area contributed by atoms with Gasteiger partial charge in [0.1, 0.15) is 5.69 Å². The van der Waals surface area contributed by atoms with Crippen LogP contribution in [0.25, 0.3) is 16.9 Å². The van der Waals surface area contributed by atoms with E-state index in [1.807, 2.05) is 0 Å². The average molecular weight is 378 g/mol. The summed E-state index contributed by atoms with van der Waals surface area (Å²) in [5, 5.41) is 9.03. The third-order valence-electron chi connectivity index (χ3n) is 3.85. The van der Waals surface area contributed by atoms with Crippen LogP contribution in [0.4, 0.5) is 8.78 Å². The summed E-state index contributed by atoms with van der Waals surface area (Å²) in [7, 11) is -3.84. The molecule has 1 aromatic heterocycles. The molecule has 4 N–H and O–H groups in total. The number of hydrogen-bond acceptors (Lipinski definition) is 4. The van der Waals surface area contributed by atoms with Crippen molar-refractivity contribution in [3.8, 4) is 16.9 Å². The van der Waals surface area contributed by atoms with E-state index in [2.05, 4.69) is 5.10 Å². The molecule has 3 aromatic rings. The van der Waals surface area contributed by atoms with Crippen molar-refractivity contribution in [3.63, 3.8) is 0 Å². The smallest absolute Gasteiger partial charge is 0.282 e. The molecule has 2 aromatic carbocycles. The molecule has 1 heterocycles. The Morgan fingerprint density at radius 1 is 1.04 bits per heavy atom. The average Bonchev–Trinajstić information content (AvgIpc) is 3.07. The maximum Gasteiger partial charge on any atom is 0.282 e. The van der Waals surface area contributed by atoms with Crippen molar-refractivity contribution >= 4 is 10.0 Å². The van der Waals surface area contributed by atoms with Crippen LogP contribution in [0.15, 0.2) is 59.5 Å². The first-order chi connectivity index (χ1) is 12.3. The van der Waals surface area contributed by atoms with Crippen LogP contribution in [0, 0.1) is 0 Å². The first-order valence-corrected chi connectivity index (χ1v) is 9.15. The van der Waals surface area contributed by atoms with Crippen LogP contribution in [0.5, 0.6) is 0 Å². The molecule has 6 nitrogen and oxygen atoms in total. The third-order valence-corrected chi connectivity index (χ3v) is 4.78. The summed E-state index contributed by atoms with van der Waals surface area (Å²) in [4.78, 5) is -0.0728. The van der Waals surface area contributed by atoms with Crippen LogP contribution >= 0.6 is 0 Å². The minimum atomic E-state index is -3.84. The van der Waals surface area contributed by atoms with Crippen LogP contribution in [-0.4, -0.2) is 18.2 Å². The summed E-state index contributed by atoms with van der Waals surface area (Å²) in [5.74, 6) is 0. The maximum atomic E-state index is 13.1. The normalized spacial score (nSPS) is 11.9. The molecule has 3 rings (SSSR count). The molecule has 0 fully saturated rings. The minimum absolute atomic E-state index is 0.0728. The highest BCUT2D eigenvalue weighted by molar-refractivity contribution is 7.89. The second-order valence-corrected chi connectivity index (χ2v) is 7.17. The van der Waals surface area contributed by atoms with E-state index in [1.54, 1.807) is 24.3 Å². The monoisotopic (exact) mass is 378 g/mol. The second-order valence-electron chi connectivity index (χ2n) is 5.61. The van der Waals surface area contributed by atoms with Crippen LogP contribution < -0.4 is 10.9 Å². The lowest BCUT2D eigenvalue weighted by atomic mass is 10.1. The number of nitrogens with zero attached hydrogens (tertiary/aromatic N) is 2. The number of alkyl halides is 2. The Morgan fingerprint density at radius 3 is 2.15 bits per heavy atom. The zero-order chi connectivity index (χ0) is 18.9. The van der Waals surface area contributed by atoms with E-state index in [9.17, 15) is 17.2 Å². The summed E-state index contributed by atoms with van der Waals surface area (Å²) < 4.78 is 50.4. The predicted molar refractivity (Wildman–Crippen MR) is 93.2 cm³/mol. The van der Waals surface area contributed by atoms with Gasteiger partial charge in [0, 0.05) is 12.1 Å². The molecule has 0 amide bonds. The molecular formula is C17H16F2N4O2S. The van der Waals surface area contributed by atoms with Gasteiger partial charge in [-0.3, -0.25) is 0 Å². The van der Waals surface area contributed by atoms with E-state index >= 15 is 0 Å². The van der Waals surface area contributed by atoms with Gasteiger partial charge in [-0.1, -0.05) is 24.3 Å². The van der Waals surface area contributed by atoms with E-state index in [0.29, 0.717) is 23.5 Å². The number of hydrogen-bond donors (Lipinski definition) is 2. The molecule has 0 bridgehead atoms. The predicted octanol–water partition coefficient (Wildman–Crippen LogP) is 2.58. The van der Waals surface area contributed by atoms with Gasteiger partial charge in [0.2, 0.25) is 10.0 Å². The van der Waals surface area contributed by atoms with Crippen molar-refractivity contribution in [1.29, 1.82) is 0 Å². The Balaban J connectivity index is 2.10. The molecule has 26 heavy (non-hydrogen) atoms. The van der Waals surface area contributed by atoms with Gasteiger partial charge >= 0.3 is 0 Å². The minimum Gasteiger partial charge on any atom is -0.326 e. The Morgan fingerprint density at radius 2 is 1.65 bits per heavy atom. The third kappa shape index (κ3) is 3.64. The summed E-state index contributed by atoms with van der Waals surface area (Å²) in [6.07, 6.45) is -2.73. The number of halogens is 2. The molecule has 0 aliphatic heterocycles. The van der Waals surface area contributed by atoms with Gasteiger partial charge in [-0.15, -0.1) is 0 Å². The van der Waals surface area contributed by atoms with Crippen LogP contribution in [0.1, 0.15) is 17.7 Å². The van der Waals surface area contributed by atoms with E-state index in [0.717, 1.165) is 5.56 Å². The molecule has 9 heteroatoms. The Kier molecular flexibility index (Phi) is 4.86. The van der Waals surface area contributed by atoms with E-state index in [1.165, 1.54) is 35.0 Å². The number of sulfonamides is 1. The fourth-order valence-corrected chi connectivity index (χ4v) is 3.01. The number of aromatic nitrogens is 2. The van der Waals surface area contributed by atoms with Gasteiger partial charge in [0.05, 0.1) is 16.3 Å². The number of primary sulfonamides is 1. The zero-order valence-electron chi connectivity index (χ0n) is 13.5. The van der Waals surface area contributed by atoms with E-state index in [4.69, 9.17) is 10.9 Å². The highest BCUT2D eigenvalue weighted by Gasteiger charge is 2.18. The number of benzene rings is 2. The molecule has 0 saturated carbocycles. The molecule has 0 aliphatic rings. The van der Waals surface area contributed by atoms with E-state index in [-0.39, 0.29) is 10.6 Å². The lowest BCUT2D eigenvalue weighted by Crippen LogP contribution is -2.12. The van der Waals surface area contributed by atoms with Crippen LogP contribution in [-0.2, 0) is 16.6 Å². The molecule has 0 aliphatic carbocycles. The van der Waals surface area contributed by atoms with Gasteiger partial charge in [0.25, 0.3) is 6.43 Å². The van der Waals surface area contributed by atoms with Gasteiger partial charge in [-0.25, -0.2) is 27.0 Å². The molecule has 0 atom stereocenters. The SMILES string of the molecule is NCc1ccc(-c2cc(C(F)F)nn2-c2ccc(S(N)(=O)=O)cc2)cc1. The molecule has 0 spiro atoms. The lowest BCUT2D eigenvalue weighted by Gasteiger charge is -2.09. The quantitative estimate of drug-likeness (QED) is 0.712. The highest BCUT2D eigenvalue weighted by atomic mass is 32.2. The van der Waals surface area contributed by atoms with Gasteiger partial charge < -0.3 is 5.73 Å². The van der Waals surface area contributed by atoms with Crippen molar-refractivity contribution in [1.82, 2.24) is 9.78 Å². The largest absolute Gasteiger partial charge is 0.326 e. The van der Waals surface area contributed by atoms with Crippen molar-refractivity contribution in [2.24, 2.45) is 10.9 Å². The Bertz CT molecular complexity index is 1010. The Labute approximate surface area is 149 Å². The summed E-state index contributed by atoms with van der Waals surface area (Å²) in [6.45, 7) is 0.372. The molecule has 136 valence electrons. The number of nitrogens with two attached hydrogens (primary N) is 2. The van der Waals surface area contributed by atoms with Gasteiger partial charge in [-0.2, -0.15) is 5.10 Å².